The second-order valence-electron chi connectivity index (χ2n) is 9.48. The Hall–Kier alpha value is -3.89. The number of rotatable bonds is 7. The third kappa shape index (κ3) is 6.10. The maximum Gasteiger partial charge on any atom is 0.291 e. The molecule has 0 saturated carbocycles. The van der Waals surface area contributed by atoms with E-state index in [9.17, 15) is 18.0 Å². The molecule has 0 aliphatic carbocycles. The molecule has 10 heteroatoms. The zero-order valence-corrected chi connectivity index (χ0v) is 22.4. The molecule has 0 spiro atoms. The Kier molecular flexibility index (Phi) is 7.24. The Labute approximate surface area is 219 Å². The smallest absolute Gasteiger partial charge is 0.291 e. The molecule has 1 heterocycles. The summed E-state index contributed by atoms with van der Waals surface area (Å²) in [5.74, 6) is -0.633. The van der Waals surface area contributed by atoms with E-state index in [4.69, 9.17) is 0 Å². The van der Waals surface area contributed by atoms with Crippen LogP contribution in [0.1, 0.15) is 58.2 Å². The van der Waals surface area contributed by atoms with Crippen LogP contribution in [0.25, 0.3) is 0 Å². The molecular formula is C27H26N4O4S2. The fraction of sp³-hybridized carbons (Fsp3) is 0.185. The number of carbonyl (C=O) groups is 2. The zero-order valence-electron chi connectivity index (χ0n) is 20.8. The number of aryl methyl sites for hydroxylation is 1. The molecule has 0 atom stereocenters. The first kappa shape index (κ1) is 26.2. The van der Waals surface area contributed by atoms with E-state index in [1.807, 2.05) is 18.2 Å². The summed E-state index contributed by atoms with van der Waals surface area (Å²) in [6.45, 7) is 8.09. The summed E-state index contributed by atoms with van der Waals surface area (Å²) < 4.78 is 27.9. The highest BCUT2D eigenvalue weighted by Gasteiger charge is 2.22. The average Bonchev–Trinajstić information content (AvgIpc) is 3.33. The number of amides is 1. The summed E-state index contributed by atoms with van der Waals surface area (Å²) in [5, 5.41) is 10.1. The van der Waals surface area contributed by atoms with Crippen LogP contribution in [0.4, 0.5) is 10.8 Å². The molecule has 0 bridgehead atoms. The van der Waals surface area contributed by atoms with Gasteiger partial charge in [-0.3, -0.25) is 19.6 Å². The molecule has 0 aliphatic heterocycles. The molecule has 4 rings (SSSR count). The summed E-state index contributed by atoms with van der Waals surface area (Å²) in [4.78, 5) is 25.5. The molecular weight excluding hydrogens is 508 g/mol. The van der Waals surface area contributed by atoms with Crippen LogP contribution in [0.15, 0.2) is 77.1 Å². The highest BCUT2D eigenvalue weighted by molar-refractivity contribution is 7.94. The number of anilines is 2. The normalized spacial score (nSPS) is 11.7. The van der Waals surface area contributed by atoms with Crippen LogP contribution in [-0.2, 0) is 15.4 Å². The van der Waals surface area contributed by atoms with E-state index in [1.54, 1.807) is 55.5 Å². The van der Waals surface area contributed by atoms with Crippen LogP contribution < -0.4 is 10.0 Å². The Balaban J connectivity index is 1.48. The van der Waals surface area contributed by atoms with Crippen molar-refractivity contribution in [2.75, 3.05) is 10.0 Å². The van der Waals surface area contributed by atoms with Crippen molar-refractivity contribution in [1.82, 2.24) is 10.2 Å². The van der Waals surface area contributed by atoms with Gasteiger partial charge in [0, 0.05) is 22.4 Å². The standard InChI is InChI=1S/C27H26N4O4S2/c1-17-8-5-6-11-22(17)24(33)28-25-29-30-26(36-25)37(34,35)31-21-10-7-9-19(16-21)23(32)18-12-14-20(15-13-18)27(2,3)4/h5-16,31H,1-4H3,(H,28,29,33). The number of hydrogen-bond acceptors (Lipinski definition) is 7. The molecule has 3 aromatic carbocycles. The molecule has 2 N–H and O–H groups in total. The molecule has 0 aliphatic rings. The summed E-state index contributed by atoms with van der Waals surface area (Å²) in [5.41, 5.74) is 3.36. The van der Waals surface area contributed by atoms with Crippen molar-refractivity contribution < 1.29 is 18.0 Å². The number of aromatic nitrogens is 2. The number of nitrogens with one attached hydrogen (secondary N) is 2. The van der Waals surface area contributed by atoms with Gasteiger partial charge in [-0.2, -0.15) is 8.42 Å². The largest absolute Gasteiger partial charge is 0.296 e. The van der Waals surface area contributed by atoms with Crippen molar-refractivity contribution in [3.63, 3.8) is 0 Å². The van der Waals surface area contributed by atoms with Gasteiger partial charge in [0.15, 0.2) is 5.78 Å². The Morgan fingerprint density at radius 3 is 2.24 bits per heavy atom. The van der Waals surface area contributed by atoms with Gasteiger partial charge in [-0.05, 0) is 41.7 Å². The minimum Gasteiger partial charge on any atom is -0.296 e. The highest BCUT2D eigenvalue weighted by atomic mass is 32.2. The minimum absolute atomic E-state index is 0.0341. The van der Waals surface area contributed by atoms with Crippen LogP contribution in [0, 0.1) is 6.92 Å². The maximum absolute atomic E-state index is 13.0. The summed E-state index contributed by atoms with van der Waals surface area (Å²) in [6.07, 6.45) is 0. The number of benzene rings is 3. The molecule has 37 heavy (non-hydrogen) atoms. The van der Waals surface area contributed by atoms with Crippen LogP contribution in [0.5, 0.6) is 0 Å². The molecule has 190 valence electrons. The van der Waals surface area contributed by atoms with E-state index in [2.05, 4.69) is 41.0 Å². The number of carbonyl (C=O) groups excluding carboxylic acids is 2. The lowest BCUT2D eigenvalue weighted by molar-refractivity contribution is 0.102. The Bertz CT molecular complexity index is 1570. The third-order valence-corrected chi connectivity index (χ3v) is 8.22. The van der Waals surface area contributed by atoms with Gasteiger partial charge in [0.25, 0.3) is 20.3 Å². The van der Waals surface area contributed by atoms with E-state index >= 15 is 0 Å². The van der Waals surface area contributed by atoms with E-state index < -0.39 is 15.9 Å². The van der Waals surface area contributed by atoms with Crippen LogP contribution in [0.2, 0.25) is 0 Å². The van der Waals surface area contributed by atoms with Crippen molar-refractivity contribution in [3.05, 3.63) is 101 Å². The second-order valence-corrected chi connectivity index (χ2v) is 12.3. The number of ketones is 1. The average molecular weight is 535 g/mol. The molecule has 0 unspecified atom stereocenters. The maximum atomic E-state index is 13.0. The van der Waals surface area contributed by atoms with Crippen molar-refractivity contribution in [2.24, 2.45) is 0 Å². The first-order valence-electron chi connectivity index (χ1n) is 11.4. The van der Waals surface area contributed by atoms with Crippen molar-refractivity contribution in [3.8, 4) is 0 Å². The minimum atomic E-state index is -4.10. The first-order valence-corrected chi connectivity index (χ1v) is 13.7. The summed E-state index contributed by atoms with van der Waals surface area (Å²) in [6, 6.07) is 20.6. The SMILES string of the molecule is Cc1ccccc1C(=O)Nc1nnc(S(=O)(=O)Nc2cccc(C(=O)c3ccc(C(C)(C)C)cc3)c2)s1. The molecule has 4 aromatic rings. The number of sulfonamides is 1. The number of nitrogens with zero attached hydrogens (tertiary/aromatic N) is 2. The fourth-order valence-electron chi connectivity index (χ4n) is 3.57. The quantitative estimate of drug-likeness (QED) is 0.241. The lowest BCUT2D eigenvalue weighted by Crippen LogP contribution is -2.13. The van der Waals surface area contributed by atoms with Gasteiger partial charge in [-0.15, -0.1) is 10.2 Å². The van der Waals surface area contributed by atoms with Gasteiger partial charge in [0.05, 0.1) is 0 Å². The molecule has 0 saturated heterocycles. The van der Waals surface area contributed by atoms with Crippen LogP contribution in [-0.4, -0.2) is 30.3 Å². The predicted molar refractivity (Wildman–Crippen MR) is 145 cm³/mol. The second kappa shape index (κ2) is 10.2. The van der Waals surface area contributed by atoms with E-state index in [0.29, 0.717) is 16.7 Å². The predicted octanol–water partition coefficient (Wildman–Crippen LogP) is 5.43. The van der Waals surface area contributed by atoms with Crippen molar-refractivity contribution in [2.45, 2.75) is 37.4 Å². The zero-order chi connectivity index (χ0) is 26.8. The van der Waals surface area contributed by atoms with Gasteiger partial charge in [0.1, 0.15) is 0 Å². The fourth-order valence-corrected chi connectivity index (χ4v) is 5.52. The lowest BCUT2D eigenvalue weighted by atomic mass is 9.86. The van der Waals surface area contributed by atoms with E-state index in [-0.39, 0.29) is 26.4 Å². The van der Waals surface area contributed by atoms with Gasteiger partial charge in [0.2, 0.25) is 5.13 Å². The van der Waals surface area contributed by atoms with Crippen LogP contribution in [0.3, 0.4) is 0 Å². The number of hydrogen-bond donors (Lipinski definition) is 2. The Morgan fingerprint density at radius 1 is 0.865 bits per heavy atom. The first-order chi connectivity index (χ1) is 17.4. The summed E-state index contributed by atoms with van der Waals surface area (Å²) >= 11 is 0.727. The summed E-state index contributed by atoms with van der Waals surface area (Å²) in [7, 11) is -4.10. The van der Waals surface area contributed by atoms with Crippen molar-refractivity contribution in [1.29, 1.82) is 0 Å². The molecule has 0 radical (unpaired) electrons. The van der Waals surface area contributed by atoms with Gasteiger partial charge < -0.3 is 0 Å². The Morgan fingerprint density at radius 2 is 1.57 bits per heavy atom. The third-order valence-electron chi connectivity index (χ3n) is 5.64. The van der Waals surface area contributed by atoms with Gasteiger partial charge in [-0.1, -0.05) is 86.7 Å². The van der Waals surface area contributed by atoms with E-state index in [0.717, 1.165) is 22.5 Å². The van der Waals surface area contributed by atoms with Gasteiger partial charge in [-0.25, -0.2) is 0 Å². The topological polar surface area (TPSA) is 118 Å². The molecule has 1 aromatic heterocycles. The lowest BCUT2D eigenvalue weighted by Gasteiger charge is -2.19. The van der Waals surface area contributed by atoms with Crippen molar-refractivity contribution >= 4 is 43.9 Å². The molecule has 1 amide bonds. The highest BCUT2D eigenvalue weighted by Crippen LogP contribution is 2.26. The van der Waals surface area contributed by atoms with Crippen LogP contribution >= 0.6 is 11.3 Å². The van der Waals surface area contributed by atoms with E-state index in [1.165, 1.54) is 6.07 Å². The molecule has 0 fully saturated rings. The molecule has 8 nitrogen and oxygen atoms in total. The van der Waals surface area contributed by atoms with Gasteiger partial charge >= 0.3 is 0 Å². The monoisotopic (exact) mass is 534 g/mol.